The molecule has 2 aromatic rings. The van der Waals surface area contributed by atoms with Crippen LogP contribution in [0.5, 0.6) is 0 Å². The lowest BCUT2D eigenvalue weighted by Crippen LogP contribution is -2.22. The summed E-state index contributed by atoms with van der Waals surface area (Å²) in [5.41, 5.74) is 0.346. The molecule has 7 nitrogen and oxygen atoms in total. The van der Waals surface area contributed by atoms with Gasteiger partial charge < -0.3 is 20.3 Å². The molecule has 7 heteroatoms. The van der Waals surface area contributed by atoms with Gasteiger partial charge in [0.1, 0.15) is 6.10 Å². The number of rotatable bonds is 4. The van der Waals surface area contributed by atoms with Gasteiger partial charge in [0, 0.05) is 0 Å². The summed E-state index contributed by atoms with van der Waals surface area (Å²) < 4.78 is 0. The number of hydrogen-bond donors (Lipinski definition) is 4. The first kappa shape index (κ1) is 13.2. The van der Waals surface area contributed by atoms with Gasteiger partial charge in [-0.25, -0.2) is 4.98 Å². The van der Waals surface area contributed by atoms with Crippen molar-refractivity contribution in [1.29, 1.82) is 0 Å². The number of carbonyl (C=O) groups is 1. The van der Waals surface area contributed by atoms with Crippen LogP contribution in [0.25, 0.3) is 10.9 Å². The molecule has 1 aromatic carbocycles. The minimum atomic E-state index is -1.44. The first-order valence-corrected chi connectivity index (χ1v) is 5.54. The molecular weight excluding hydrogens is 252 g/mol. The first-order valence-electron chi connectivity index (χ1n) is 5.54. The lowest BCUT2D eigenvalue weighted by Gasteiger charge is -2.16. The Labute approximate surface area is 107 Å². The SMILES string of the molecule is O=C(O)CC(O)C(O)c1ccc2nc[nH]c(=O)c2c1. The number of fused-ring (bicyclic) bond motifs is 1. The van der Waals surface area contributed by atoms with Crippen LogP contribution in [0.3, 0.4) is 0 Å². The van der Waals surface area contributed by atoms with Crippen molar-refractivity contribution < 1.29 is 20.1 Å². The van der Waals surface area contributed by atoms with E-state index in [1.54, 1.807) is 0 Å². The molecule has 0 saturated heterocycles. The Morgan fingerprint density at radius 3 is 2.79 bits per heavy atom. The van der Waals surface area contributed by atoms with E-state index >= 15 is 0 Å². The molecule has 2 atom stereocenters. The van der Waals surface area contributed by atoms with Crippen molar-refractivity contribution in [3.8, 4) is 0 Å². The van der Waals surface area contributed by atoms with Gasteiger partial charge in [0.05, 0.1) is 29.8 Å². The molecular formula is C12H12N2O5. The minimum Gasteiger partial charge on any atom is -0.481 e. The Balaban J connectivity index is 2.38. The molecule has 0 saturated carbocycles. The number of H-pyrrole nitrogens is 1. The third kappa shape index (κ3) is 2.78. The van der Waals surface area contributed by atoms with Crippen LogP contribution in [0.15, 0.2) is 29.3 Å². The monoisotopic (exact) mass is 264 g/mol. The standard InChI is InChI=1S/C12H12N2O5/c15-9(4-10(16)17)11(18)6-1-2-8-7(3-6)12(19)14-5-13-8/h1-3,5,9,11,15,18H,4H2,(H,16,17)(H,13,14,19). The van der Waals surface area contributed by atoms with Crippen molar-refractivity contribution >= 4 is 16.9 Å². The molecule has 0 aliphatic heterocycles. The second kappa shape index (κ2) is 5.17. The van der Waals surface area contributed by atoms with Crippen molar-refractivity contribution in [3.63, 3.8) is 0 Å². The van der Waals surface area contributed by atoms with Crippen LogP contribution < -0.4 is 5.56 Å². The van der Waals surface area contributed by atoms with Crippen LogP contribution in [0.4, 0.5) is 0 Å². The number of carboxylic acid groups (broad SMARTS) is 1. The Kier molecular flexibility index (Phi) is 3.59. The van der Waals surface area contributed by atoms with E-state index in [-0.39, 0.29) is 16.5 Å². The Hall–Kier alpha value is -2.25. The van der Waals surface area contributed by atoms with E-state index in [0.717, 1.165) is 0 Å². The number of carboxylic acids is 1. The molecule has 0 radical (unpaired) electrons. The Morgan fingerprint density at radius 1 is 1.37 bits per heavy atom. The van der Waals surface area contributed by atoms with Gasteiger partial charge >= 0.3 is 5.97 Å². The highest BCUT2D eigenvalue weighted by Crippen LogP contribution is 2.21. The fraction of sp³-hybridized carbons (Fsp3) is 0.250. The molecule has 0 spiro atoms. The predicted octanol–water partition coefficient (Wildman–Crippen LogP) is -0.208. The largest absolute Gasteiger partial charge is 0.481 e. The zero-order valence-corrected chi connectivity index (χ0v) is 9.78. The second-order valence-electron chi connectivity index (χ2n) is 4.12. The molecule has 19 heavy (non-hydrogen) atoms. The van der Waals surface area contributed by atoms with E-state index in [4.69, 9.17) is 5.11 Å². The average Bonchev–Trinajstić information content (AvgIpc) is 2.37. The summed E-state index contributed by atoms with van der Waals surface area (Å²) in [7, 11) is 0. The first-order chi connectivity index (χ1) is 8.99. The summed E-state index contributed by atoms with van der Waals surface area (Å²) in [4.78, 5) is 28.4. The van der Waals surface area contributed by atoms with Crippen LogP contribution >= 0.6 is 0 Å². The highest BCUT2D eigenvalue weighted by molar-refractivity contribution is 5.78. The number of benzene rings is 1. The van der Waals surface area contributed by atoms with Gasteiger partial charge in [0.2, 0.25) is 0 Å². The molecule has 2 rings (SSSR count). The van der Waals surface area contributed by atoms with Gasteiger partial charge in [-0.15, -0.1) is 0 Å². The van der Waals surface area contributed by atoms with Crippen LogP contribution in [-0.2, 0) is 4.79 Å². The highest BCUT2D eigenvalue weighted by atomic mass is 16.4. The summed E-state index contributed by atoms with van der Waals surface area (Å²) in [5.74, 6) is -1.22. The zero-order chi connectivity index (χ0) is 14.0. The van der Waals surface area contributed by atoms with Gasteiger partial charge in [0.25, 0.3) is 5.56 Å². The second-order valence-corrected chi connectivity index (χ2v) is 4.12. The summed E-state index contributed by atoms with van der Waals surface area (Å²) in [6.45, 7) is 0. The number of aliphatic hydroxyl groups is 2. The number of aromatic amines is 1. The van der Waals surface area contributed by atoms with Crippen molar-refractivity contribution in [3.05, 3.63) is 40.4 Å². The van der Waals surface area contributed by atoms with E-state index in [2.05, 4.69) is 9.97 Å². The van der Waals surface area contributed by atoms with E-state index in [0.29, 0.717) is 5.52 Å². The fourth-order valence-electron chi connectivity index (χ4n) is 1.78. The third-order valence-corrected chi connectivity index (χ3v) is 2.75. The molecule has 1 heterocycles. The lowest BCUT2D eigenvalue weighted by atomic mass is 10.0. The van der Waals surface area contributed by atoms with Crippen molar-refractivity contribution in [2.75, 3.05) is 0 Å². The zero-order valence-electron chi connectivity index (χ0n) is 9.78. The summed E-state index contributed by atoms with van der Waals surface area (Å²) in [5, 5.41) is 28.2. The molecule has 0 amide bonds. The molecule has 100 valence electrons. The van der Waals surface area contributed by atoms with Crippen molar-refractivity contribution in [2.45, 2.75) is 18.6 Å². The summed E-state index contributed by atoms with van der Waals surface area (Å²) >= 11 is 0. The number of aliphatic carboxylic acids is 1. The van der Waals surface area contributed by atoms with E-state index in [9.17, 15) is 19.8 Å². The van der Waals surface area contributed by atoms with E-state index < -0.39 is 24.6 Å². The van der Waals surface area contributed by atoms with E-state index in [1.165, 1.54) is 24.5 Å². The number of aliphatic hydroxyl groups excluding tert-OH is 2. The molecule has 4 N–H and O–H groups in total. The van der Waals surface area contributed by atoms with Crippen LogP contribution in [-0.4, -0.2) is 37.4 Å². The normalized spacial score (nSPS) is 14.2. The number of nitrogens with one attached hydrogen (secondary N) is 1. The van der Waals surface area contributed by atoms with Crippen LogP contribution in [0.1, 0.15) is 18.1 Å². The molecule has 0 aliphatic rings. The lowest BCUT2D eigenvalue weighted by molar-refractivity contribution is -0.141. The highest BCUT2D eigenvalue weighted by Gasteiger charge is 2.21. The topological polar surface area (TPSA) is 124 Å². The number of nitrogens with zero attached hydrogens (tertiary/aromatic N) is 1. The number of aromatic nitrogens is 2. The maximum absolute atomic E-state index is 11.6. The maximum Gasteiger partial charge on any atom is 0.306 e. The minimum absolute atomic E-state index is 0.264. The summed E-state index contributed by atoms with van der Waals surface area (Å²) in [6, 6.07) is 4.40. The van der Waals surface area contributed by atoms with Gasteiger partial charge in [-0.3, -0.25) is 9.59 Å². The third-order valence-electron chi connectivity index (χ3n) is 2.75. The maximum atomic E-state index is 11.6. The summed E-state index contributed by atoms with van der Waals surface area (Å²) in [6.07, 6.45) is -2.13. The molecule has 0 fully saturated rings. The molecule has 2 unspecified atom stereocenters. The molecule has 0 aliphatic carbocycles. The van der Waals surface area contributed by atoms with Gasteiger partial charge in [0.15, 0.2) is 0 Å². The van der Waals surface area contributed by atoms with Crippen molar-refractivity contribution in [1.82, 2.24) is 9.97 Å². The van der Waals surface area contributed by atoms with Gasteiger partial charge in [-0.1, -0.05) is 6.07 Å². The van der Waals surface area contributed by atoms with Crippen molar-refractivity contribution in [2.24, 2.45) is 0 Å². The Bertz CT molecular complexity index is 666. The molecule has 1 aromatic heterocycles. The van der Waals surface area contributed by atoms with Crippen LogP contribution in [0, 0.1) is 0 Å². The fourth-order valence-corrected chi connectivity index (χ4v) is 1.78. The van der Waals surface area contributed by atoms with E-state index in [1.807, 2.05) is 0 Å². The number of hydrogen-bond acceptors (Lipinski definition) is 5. The predicted molar refractivity (Wildman–Crippen MR) is 65.6 cm³/mol. The smallest absolute Gasteiger partial charge is 0.306 e. The quantitative estimate of drug-likeness (QED) is 0.606. The van der Waals surface area contributed by atoms with Gasteiger partial charge in [-0.05, 0) is 17.7 Å². The Morgan fingerprint density at radius 2 is 2.11 bits per heavy atom. The molecule has 0 bridgehead atoms. The van der Waals surface area contributed by atoms with Gasteiger partial charge in [-0.2, -0.15) is 0 Å². The van der Waals surface area contributed by atoms with Crippen LogP contribution in [0.2, 0.25) is 0 Å². The average molecular weight is 264 g/mol.